The van der Waals surface area contributed by atoms with Gasteiger partial charge in [-0.3, -0.25) is 4.79 Å². The summed E-state index contributed by atoms with van der Waals surface area (Å²) in [5, 5.41) is 6.04. The van der Waals surface area contributed by atoms with E-state index in [4.69, 9.17) is 4.74 Å². The lowest BCUT2D eigenvalue weighted by molar-refractivity contribution is -0.122. The van der Waals surface area contributed by atoms with E-state index < -0.39 is 0 Å². The summed E-state index contributed by atoms with van der Waals surface area (Å²) in [4.78, 5) is 11.8. The Hall–Kier alpha value is -1.62. The van der Waals surface area contributed by atoms with Crippen LogP contribution in [0.1, 0.15) is 18.4 Å². The Balaban J connectivity index is 1.87. The third kappa shape index (κ3) is 3.92. The molecule has 0 spiro atoms. The largest absolute Gasteiger partial charge is 0.496 e. The van der Waals surface area contributed by atoms with E-state index in [-0.39, 0.29) is 11.7 Å². The molecular formula is C14H19FN2O2. The van der Waals surface area contributed by atoms with E-state index in [1.807, 2.05) is 0 Å². The summed E-state index contributed by atoms with van der Waals surface area (Å²) >= 11 is 0. The van der Waals surface area contributed by atoms with E-state index in [0.717, 1.165) is 19.5 Å². The molecule has 0 saturated carbocycles. The first-order valence-corrected chi connectivity index (χ1v) is 6.49. The molecule has 1 aromatic carbocycles. The van der Waals surface area contributed by atoms with Crippen LogP contribution in [0.25, 0.3) is 0 Å². The van der Waals surface area contributed by atoms with E-state index in [9.17, 15) is 9.18 Å². The highest BCUT2D eigenvalue weighted by atomic mass is 19.1. The number of benzene rings is 1. The molecule has 1 aromatic rings. The molecule has 1 fully saturated rings. The van der Waals surface area contributed by atoms with Gasteiger partial charge in [0.05, 0.1) is 7.11 Å². The van der Waals surface area contributed by atoms with Crippen molar-refractivity contribution < 1.29 is 13.9 Å². The molecule has 0 radical (unpaired) electrons. The van der Waals surface area contributed by atoms with Gasteiger partial charge in [-0.1, -0.05) is 0 Å². The minimum Gasteiger partial charge on any atom is -0.496 e. The second-order valence-corrected chi connectivity index (χ2v) is 4.80. The van der Waals surface area contributed by atoms with E-state index in [2.05, 4.69) is 10.6 Å². The number of methoxy groups -OCH3 is 1. The van der Waals surface area contributed by atoms with Crippen molar-refractivity contribution >= 4 is 5.91 Å². The molecule has 1 atom stereocenters. The number of halogens is 1. The predicted octanol–water partition coefficient (Wildman–Crippen LogP) is 1.45. The Morgan fingerprint density at radius 2 is 2.42 bits per heavy atom. The van der Waals surface area contributed by atoms with Gasteiger partial charge < -0.3 is 15.4 Å². The first-order valence-electron chi connectivity index (χ1n) is 6.49. The molecule has 104 valence electrons. The molecule has 0 bridgehead atoms. The quantitative estimate of drug-likeness (QED) is 0.848. The van der Waals surface area contributed by atoms with Crippen LogP contribution in [0.3, 0.4) is 0 Å². The van der Waals surface area contributed by atoms with E-state index in [0.29, 0.717) is 30.2 Å². The minimum absolute atomic E-state index is 0.0000132. The van der Waals surface area contributed by atoms with Gasteiger partial charge in [-0.2, -0.15) is 0 Å². The molecule has 19 heavy (non-hydrogen) atoms. The number of carbonyl (C=O) groups excluding carboxylic acids is 1. The van der Waals surface area contributed by atoms with E-state index in [1.54, 1.807) is 6.07 Å². The summed E-state index contributed by atoms with van der Waals surface area (Å²) < 4.78 is 18.3. The van der Waals surface area contributed by atoms with Crippen LogP contribution in [-0.2, 0) is 11.3 Å². The van der Waals surface area contributed by atoms with Crippen LogP contribution >= 0.6 is 0 Å². The molecule has 1 saturated heterocycles. The lowest BCUT2D eigenvalue weighted by Gasteiger charge is -2.11. The molecule has 1 unspecified atom stereocenters. The fourth-order valence-electron chi connectivity index (χ4n) is 2.30. The van der Waals surface area contributed by atoms with Crippen LogP contribution in [0.5, 0.6) is 5.75 Å². The van der Waals surface area contributed by atoms with Crippen molar-refractivity contribution in [3.63, 3.8) is 0 Å². The van der Waals surface area contributed by atoms with E-state index >= 15 is 0 Å². The van der Waals surface area contributed by atoms with Crippen LogP contribution in [0.2, 0.25) is 0 Å². The highest BCUT2D eigenvalue weighted by Crippen LogP contribution is 2.19. The SMILES string of the molecule is COc1ccc(F)cc1CNC(=O)CC1CCNC1. The average Bonchev–Trinajstić information content (AvgIpc) is 2.89. The van der Waals surface area contributed by atoms with Crippen LogP contribution in [-0.4, -0.2) is 26.1 Å². The molecule has 1 amide bonds. The van der Waals surface area contributed by atoms with Crippen LogP contribution in [0.15, 0.2) is 18.2 Å². The number of nitrogens with one attached hydrogen (secondary N) is 2. The Morgan fingerprint density at radius 3 is 3.11 bits per heavy atom. The van der Waals surface area contributed by atoms with Crippen molar-refractivity contribution in [1.29, 1.82) is 0 Å². The number of hydrogen-bond acceptors (Lipinski definition) is 3. The maximum absolute atomic E-state index is 13.2. The zero-order valence-electron chi connectivity index (χ0n) is 11.0. The first kappa shape index (κ1) is 13.8. The van der Waals surface area contributed by atoms with Crippen molar-refractivity contribution in [2.45, 2.75) is 19.4 Å². The third-order valence-electron chi connectivity index (χ3n) is 3.35. The minimum atomic E-state index is -0.329. The molecule has 0 aliphatic carbocycles. The first-order chi connectivity index (χ1) is 9.19. The summed E-state index contributed by atoms with van der Waals surface area (Å²) in [6.07, 6.45) is 1.56. The summed E-state index contributed by atoms with van der Waals surface area (Å²) in [5.74, 6) is 0.670. The van der Waals surface area contributed by atoms with Crippen LogP contribution < -0.4 is 15.4 Å². The summed E-state index contributed by atoms with van der Waals surface area (Å²) in [5.41, 5.74) is 0.653. The van der Waals surface area contributed by atoms with Gasteiger partial charge in [0.2, 0.25) is 5.91 Å². The maximum Gasteiger partial charge on any atom is 0.220 e. The molecular weight excluding hydrogens is 247 g/mol. The average molecular weight is 266 g/mol. The number of carbonyl (C=O) groups is 1. The Bertz CT molecular complexity index is 445. The van der Waals surface area contributed by atoms with Gasteiger partial charge in [-0.05, 0) is 43.6 Å². The Labute approximate surface area is 112 Å². The topological polar surface area (TPSA) is 50.4 Å². The summed E-state index contributed by atoms with van der Waals surface area (Å²) in [7, 11) is 1.53. The summed E-state index contributed by atoms with van der Waals surface area (Å²) in [6.45, 7) is 2.17. The second kappa shape index (κ2) is 6.52. The highest BCUT2D eigenvalue weighted by Gasteiger charge is 2.18. The number of hydrogen-bond donors (Lipinski definition) is 2. The fraction of sp³-hybridized carbons (Fsp3) is 0.500. The van der Waals surface area contributed by atoms with Gasteiger partial charge in [0.15, 0.2) is 0 Å². The molecule has 1 aliphatic heterocycles. The monoisotopic (exact) mass is 266 g/mol. The Morgan fingerprint density at radius 1 is 1.58 bits per heavy atom. The van der Waals surface area contributed by atoms with Crippen molar-refractivity contribution in [1.82, 2.24) is 10.6 Å². The fourth-order valence-corrected chi connectivity index (χ4v) is 2.30. The van der Waals surface area contributed by atoms with Crippen molar-refractivity contribution in [3.05, 3.63) is 29.6 Å². The number of rotatable bonds is 5. The van der Waals surface area contributed by atoms with Gasteiger partial charge in [-0.15, -0.1) is 0 Å². The van der Waals surface area contributed by atoms with E-state index in [1.165, 1.54) is 19.2 Å². The third-order valence-corrected chi connectivity index (χ3v) is 3.35. The zero-order chi connectivity index (χ0) is 13.7. The smallest absolute Gasteiger partial charge is 0.220 e. The molecule has 0 aromatic heterocycles. The van der Waals surface area contributed by atoms with Crippen molar-refractivity contribution in [3.8, 4) is 5.75 Å². The molecule has 2 rings (SSSR count). The van der Waals surface area contributed by atoms with Gasteiger partial charge in [0.1, 0.15) is 11.6 Å². The molecule has 4 nitrogen and oxygen atoms in total. The zero-order valence-corrected chi connectivity index (χ0v) is 11.0. The van der Waals surface area contributed by atoms with Gasteiger partial charge in [0, 0.05) is 18.5 Å². The second-order valence-electron chi connectivity index (χ2n) is 4.80. The van der Waals surface area contributed by atoms with Crippen LogP contribution in [0, 0.1) is 11.7 Å². The molecule has 1 aliphatic rings. The standard InChI is InChI=1S/C14H19FN2O2/c1-19-13-3-2-12(15)7-11(13)9-17-14(18)6-10-4-5-16-8-10/h2-3,7,10,16H,4-6,8-9H2,1H3,(H,17,18). The maximum atomic E-state index is 13.2. The Kier molecular flexibility index (Phi) is 4.74. The molecule has 5 heteroatoms. The van der Waals surface area contributed by atoms with Crippen LogP contribution in [0.4, 0.5) is 4.39 Å². The normalized spacial score (nSPS) is 18.3. The molecule has 2 N–H and O–H groups in total. The van der Waals surface area contributed by atoms with Crippen molar-refractivity contribution in [2.75, 3.05) is 20.2 Å². The lowest BCUT2D eigenvalue weighted by Crippen LogP contribution is -2.26. The van der Waals surface area contributed by atoms with Gasteiger partial charge >= 0.3 is 0 Å². The lowest BCUT2D eigenvalue weighted by atomic mass is 10.0. The van der Waals surface area contributed by atoms with Gasteiger partial charge in [0.25, 0.3) is 0 Å². The summed E-state index contributed by atoms with van der Waals surface area (Å²) in [6, 6.07) is 4.29. The number of amides is 1. The van der Waals surface area contributed by atoms with Crippen molar-refractivity contribution in [2.24, 2.45) is 5.92 Å². The van der Waals surface area contributed by atoms with Gasteiger partial charge in [-0.25, -0.2) is 4.39 Å². The predicted molar refractivity (Wildman–Crippen MR) is 70.4 cm³/mol. The highest BCUT2D eigenvalue weighted by molar-refractivity contribution is 5.76. The number of ether oxygens (including phenoxy) is 1. The molecule has 1 heterocycles.